The van der Waals surface area contributed by atoms with Crippen LogP contribution in [0.25, 0.3) is 0 Å². The summed E-state index contributed by atoms with van der Waals surface area (Å²) < 4.78 is 10.9. The van der Waals surface area contributed by atoms with Crippen molar-refractivity contribution >= 4 is 11.8 Å². The van der Waals surface area contributed by atoms with Gasteiger partial charge in [0.1, 0.15) is 0 Å². The summed E-state index contributed by atoms with van der Waals surface area (Å²) >= 11 is 0. The van der Waals surface area contributed by atoms with Crippen molar-refractivity contribution in [1.82, 2.24) is 9.80 Å². The fraction of sp³-hybridized carbons (Fsp3) is 0.500. The van der Waals surface area contributed by atoms with Gasteiger partial charge in [0.05, 0.1) is 12.5 Å². The number of hydrogen-bond acceptors (Lipinski definition) is 10. The van der Waals surface area contributed by atoms with E-state index in [2.05, 4.69) is 9.80 Å². The maximum atomic E-state index is 11.8. The number of anilines is 2. The molecule has 0 spiro atoms. The van der Waals surface area contributed by atoms with Gasteiger partial charge >= 0.3 is 0 Å². The maximum absolute atomic E-state index is 11.8. The van der Waals surface area contributed by atoms with Crippen molar-refractivity contribution in [3.8, 4) is 11.5 Å². The van der Waals surface area contributed by atoms with Crippen molar-refractivity contribution in [2.24, 2.45) is 0 Å². The van der Waals surface area contributed by atoms with E-state index >= 15 is 0 Å². The topological polar surface area (TPSA) is 114 Å². The normalized spacial score (nSPS) is 18.1. The highest BCUT2D eigenvalue weighted by atomic mass is 16.4. The summed E-state index contributed by atoms with van der Waals surface area (Å²) in [6.45, 7) is 4.82. The molecule has 1 aliphatic rings. The van der Waals surface area contributed by atoms with E-state index in [0.29, 0.717) is 52.4 Å². The molecule has 1 saturated heterocycles. The van der Waals surface area contributed by atoms with Gasteiger partial charge < -0.3 is 38.6 Å². The summed E-state index contributed by atoms with van der Waals surface area (Å²) in [4.78, 5) is 31.5. The quantitative estimate of drug-likeness (QED) is 0.698. The van der Waals surface area contributed by atoms with Crippen molar-refractivity contribution < 1.29 is 19.0 Å². The maximum Gasteiger partial charge on any atom is 0.242 e. The molecule has 1 aliphatic heterocycles. The van der Waals surface area contributed by atoms with E-state index in [1.165, 1.54) is 24.7 Å². The first kappa shape index (κ1) is 21.7. The van der Waals surface area contributed by atoms with Crippen LogP contribution in [0.15, 0.2) is 43.1 Å². The Balaban J connectivity index is 1.77. The first-order valence-corrected chi connectivity index (χ1v) is 9.85. The minimum Gasteiger partial charge on any atom is -0.500 e. The van der Waals surface area contributed by atoms with Crippen molar-refractivity contribution in [2.75, 3.05) is 76.3 Å². The monoisotopic (exact) mass is 420 g/mol. The zero-order valence-electron chi connectivity index (χ0n) is 17.3. The fourth-order valence-electron chi connectivity index (χ4n) is 3.27. The van der Waals surface area contributed by atoms with Crippen LogP contribution in [0.4, 0.5) is 11.8 Å². The Labute approximate surface area is 174 Å². The molecular formula is C20H28N4O6. The highest BCUT2D eigenvalue weighted by molar-refractivity contribution is 5.49. The minimum absolute atomic E-state index is 0.180. The lowest BCUT2D eigenvalue weighted by Gasteiger charge is -2.32. The molecule has 0 bridgehead atoms. The summed E-state index contributed by atoms with van der Waals surface area (Å²) in [5.41, 5.74) is -0.937. The van der Waals surface area contributed by atoms with Gasteiger partial charge in [-0.15, -0.1) is 0 Å². The van der Waals surface area contributed by atoms with Gasteiger partial charge in [0, 0.05) is 64.5 Å². The molecule has 0 unspecified atom stereocenters. The Kier molecular flexibility index (Phi) is 7.01. The van der Waals surface area contributed by atoms with Crippen LogP contribution in [0.2, 0.25) is 0 Å². The van der Waals surface area contributed by atoms with Crippen molar-refractivity contribution in [2.45, 2.75) is 0 Å². The Morgan fingerprint density at radius 3 is 1.33 bits per heavy atom. The van der Waals surface area contributed by atoms with Crippen LogP contribution in [-0.2, 0) is 0 Å². The lowest BCUT2D eigenvalue weighted by Crippen LogP contribution is -2.44. The van der Waals surface area contributed by atoms with Crippen molar-refractivity contribution in [3.63, 3.8) is 0 Å². The van der Waals surface area contributed by atoms with Gasteiger partial charge in [-0.25, -0.2) is 0 Å². The lowest BCUT2D eigenvalue weighted by molar-refractivity contribution is 0.302. The molecule has 3 rings (SSSR count). The number of hydrogen-bond donors (Lipinski definition) is 2. The molecule has 1 fully saturated rings. The third-order valence-corrected chi connectivity index (χ3v) is 5.25. The molecule has 0 saturated carbocycles. The highest BCUT2D eigenvalue weighted by Crippen LogP contribution is 2.24. The molecule has 3 heterocycles. The highest BCUT2D eigenvalue weighted by Gasteiger charge is 2.21. The molecule has 10 nitrogen and oxygen atoms in total. The van der Waals surface area contributed by atoms with Crippen LogP contribution in [0.5, 0.6) is 11.5 Å². The second-order valence-electron chi connectivity index (χ2n) is 7.46. The van der Waals surface area contributed by atoms with Gasteiger partial charge in [-0.05, 0) is 14.1 Å². The number of likely N-dealkylation sites (N-methyl/N-ethyl adjacent to an activating group) is 2. The van der Waals surface area contributed by atoms with Crippen LogP contribution in [-0.4, -0.2) is 86.5 Å². The zero-order valence-corrected chi connectivity index (χ0v) is 17.3. The lowest BCUT2D eigenvalue weighted by atomic mass is 10.3. The molecule has 2 N–H and O–H groups in total. The smallest absolute Gasteiger partial charge is 0.242 e. The molecule has 164 valence electrons. The van der Waals surface area contributed by atoms with Gasteiger partial charge in [-0.1, -0.05) is 0 Å². The van der Waals surface area contributed by atoms with Crippen LogP contribution >= 0.6 is 0 Å². The van der Waals surface area contributed by atoms with Gasteiger partial charge in [-0.3, -0.25) is 9.59 Å². The zero-order chi connectivity index (χ0) is 21.7. The second-order valence-corrected chi connectivity index (χ2v) is 7.46. The largest absolute Gasteiger partial charge is 0.500 e. The van der Waals surface area contributed by atoms with Gasteiger partial charge in [0.15, 0.2) is 0 Å². The van der Waals surface area contributed by atoms with Crippen molar-refractivity contribution in [1.29, 1.82) is 0 Å². The third kappa shape index (κ3) is 5.14. The summed E-state index contributed by atoms with van der Waals surface area (Å²) in [6.07, 6.45) is 2.58. The molecule has 2 aromatic rings. The molecular weight excluding hydrogens is 392 g/mol. The third-order valence-electron chi connectivity index (χ3n) is 5.25. The summed E-state index contributed by atoms with van der Waals surface area (Å²) in [5.74, 6) is -0.399. The molecule has 30 heavy (non-hydrogen) atoms. The second kappa shape index (κ2) is 9.68. The molecule has 2 aromatic heterocycles. The van der Waals surface area contributed by atoms with Crippen LogP contribution in [0.1, 0.15) is 0 Å². The number of nitrogens with zero attached hydrogens (tertiary/aromatic N) is 4. The van der Waals surface area contributed by atoms with Crippen LogP contribution < -0.4 is 20.7 Å². The van der Waals surface area contributed by atoms with E-state index in [0.717, 1.165) is 0 Å². The van der Waals surface area contributed by atoms with Crippen LogP contribution in [0, 0.1) is 0 Å². The minimum atomic E-state index is -0.469. The predicted molar refractivity (Wildman–Crippen MR) is 113 cm³/mol. The van der Waals surface area contributed by atoms with Crippen LogP contribution in [0.3, 0.4) is 0 Å². The predicted octanol–water partition coefficient (Wildman–Crippen LogP) is 0.194. The summed E-state index contributed by atoms with van der Waals surface area (Å²) in [7, 11) is 3.91. The van der Waals surface area contributed by atoms with Gasteiger partial charge in [-0.2, -0.15) is 0 Å². The summed E-state index contributed by atoms with van der Waals surface area (Å²) in [5, 5.41) is 20.3. The molecule has 0 radical (unpaired) electrons. The van der Waals surface area contributed by atoms with Gasteiger partial charge in [0.25, 0.3) is 0 Å². The number of aromatic hydroxyl groups is 2. The summed E-state index contributed by atoms with van der Waals surface area (Å²) in [6, 6.07) is 2.39. The van der Waals surface area contributed by atoms with E-state index in [-0.39, 0.29) is 23.3 Å². The molecule has 0 aromatic carbocycles. The molecule has 10 heteroatoms. The Morgan fingerprint density at radius 1 is 0.667 bits per heavy atom. The molecule has 0 amide bonds. The van der Waals surface area contributed by atoms with Gasteiger partial charge in [0.2, 0.25) is 34.1 Å². The molecule has 0 atom stereocenters. The Bertz CT molecular complexity index is 865. The van der Waals surface area contributed by atoms with E-state index < -0.39 is 10.9 Å². The first-order chi connectivity index (χ1) is 14.4. The average molecular weight is 420 g/mol. The Hall–Kier alpha value is -2.98. The standard InChI is InChI=1S/C20H28N4O6/c1-21-5-9-23(19-17(27)15(25)3-13-29-19)11-7-22(2)8-12-24(10-6-21)20-18(28)16(26)4-14-30-20/h3-4,13-14,27-28H,5-12H2,1-2H3. The fourth-order valence-corrected chi connectivity index (χ4v) is 3.27. The van der Waals surface area contributed by atoms with E-state index in [9.17, 15) is 19.8 Å². The van der Waals surface area contributed by atoms with E-state index in [4.69, 9.17) is 8.83 Å². The Morgan fingerprint density at radius 2 is 1.00 bits per heavy atom. The molecule has 0 aliphatic carbocycles. The first-order valence-electron chi connectivity index (χ1n) is 9.85. The van der Waals surface area contributed by atoms with Crippen molar-refractivity contribution in [3.05, 3.63) is 45.1 Å². The average Bonchev–Trinajstić information content (AvgIpc) is 2.72. The van der Waals surface area contributed by atoms with E-state index in [1.807, 2.05) is 23.9 Å². The SMILES string of the molecule is CN1CCN(c2occc(=O)c2O)CCN(C)CCN(c2occc(=O)c2O)CC1. The number of rotatable bonds is 2. The van der Waals surface area contributed by atoms with E-state index in [1.54, 1.807) is 0 Å².